The van der Waals surface area contributed by atoms with Crippen molar-refractivity contribution in [1.29, 1.82) is 0 Å². The molecule has 1 saturated carbocycles. The quantitative estimate of drug-likeness (QED) is 0.781. The molecule has 2 aromatic carbocycles. The van der Waals surface area contributed by atoms with Gasteiger partial charge in [0.05, 0.1) is 0 Å². The maximum absolute atomic E-state index is 3.74. The van der Waals surface area contributed by atoms with Gasteiger partial charge in [-0.15, -0.1) is 0 Å². The zero-order chi connectivity index (χ0) is 14.8. The Labute approximate surface area is 128 Å². The Bertz CT molecular complexity index is 609. The van der Waals surface area contributed by atoms with E-state index in [1.165, 1.54) is 35.2 Å². The molecule has 0 spiro atoms. The van der Waals surface area contributed by atoms with Gasteiger partial charge in [-0.3, -0.25) is 0 Å². The second kappa shape index (κ2) is 5.93. The van der Waals surface area contributed by atoms with Crippen LogP contribution in [0.25, 0.3) is 0 Å². The predicted molar refractivity (Wildman–Crippen MR) is 91.1 cm³/mol. The van der Waals surface area contributed by atoms with Gasteiger partial charge in [0.2, 0.25) is 0 Å². The van der Waals surface area contributed by atoms with Gasteiger partial charge in [-0.05, 0) is 48.8 Å². The first-order chi connectivity index (χ1) is 10.1. The Hall–Kier alpha value is -1.76. The topological polar surface area (TPSA) is 12.0 Å². The van der Waals surface area contributed by atoms with E-state index < -0.39 is 0 Å². The molecule has 1 fully saturated rings. The lowest BCUT2D eigenvalue weighted by molar-refractivity contribution is 0.374. The van der Waals surface area contributed by atoms with E-state index in [1.54, 1.807) is 0 Å². The van der Waals surface area contributed by atoms with Crippen molar-refractivity contribution in [3.05, 3.63) is 65.2 Å². The van der Waals surface area contributed by atoms with Crippen LogP contribution in [0.5, 0.6) is 0 Å². The number of benzene rings is 2. The summed E-state index contributed by atoms with van der Waals surface area (Å²) in [5, 5.41) is 3.74. The van der Waals surface area contributed by atoms with Gasteiger partial charge in [-0.1, -0.05) is 61.9 Å². The van der Waals surface area contributed by atoms with Gasteiger partial charge < -0.3 is 5.32 Å². The fourth-order valence-electron chi connectivity index (χ4n) is 3.28. The van der Waals surface area contributed by atoms with E-state index in [0.29, 0.717) is 12.0 Å². The molecular formula is C20H25N. The number of hydrogen-bond acceptors (Lipinski definition) is 1. The molecule has 0 aromatic heterocycles. The first-order valence-corrected chi connectivity index (χ1v) is 8.05. The minimum Gasteiger partial charge on any atom is -0.382 e. The molecule has 0 heterocycles. The molecule has 0 amide bonds. The molecule has 1 heteroatoms. The largest absolute Gasteiger partial charge is 0.382 e. The molecule has 1 aliphatic rings. The Morgan fingerprint density at radius 2 is 1.76 bits per heavy atom. The van der Waals surface area contributed by atoms with Crippen molar-refractivity contribution in [3.63, 3.8) is 0 Å². The summed E-state index contributed by atoms with van der Waals surface area (Å²) in [6, 6.07) is 18.3. The van der Waals surface area contributed by atoms with Gasteiger partial charge in [0.15, 0.2) is 0 Å². The molecule has 0 unspecified atom stereocenters. The van der Waals surface area contributed by atoms with E-state index >= 15 is 0 Å². The highest BCUT2D eigenvalue weighted by Gasteiger charge is 2.30. The Kier molecular flexibility index (Phi) is 4.01. The van der Waals surface area contributed by atoms with Gasteiger partial charge in [0, 0.05) is 11.7 Å². The minimum absolute atomic E-state index is 0.571. The predicted octanol–water partition coefficient (Wildman–Crippen LogP) is 5.48. The minimum atomic E-state index is 0.571. The highest BCUT2D eigenvalue weighted by molar-refractivity contribution is 5.53. The number of hydrogen-bond donors (Lipinski definition) is 1. The van der Waals surface area contributed by atoms with Crippen molar-refractivity contribution in [3.8, 4) is 0 Å². The first-order valence-electron chi connectivity index (χ1n) is 8.05. The van der Waals surface area contributed by atoms with Crippen molar-refractivity contribution < 1.29 is 0 Å². The molecule has 1 nitrogen and oxygen atoms in total. The molecule has 0 saturated heterocycles. The third-order valence-electron chi connectivity index (χ3n) is 4.59. The molecule has 0 radical (unpaired) electrons. The monoisotopic (exact) mass is 279 g/mol. The lowest BCUT2D eigenvalue weighted by Gasteiger charge is -2.37. The molecule has 1 aliphatic carbocycles. The summed E-state index contributed by atoms with van der Waals surface area (Å²) in [4.78, 5) is 0. The molecule has 0 bridgehead atoms. The summed E-state index contributed by atoms with van der Waals surface area (Å²) in [5.41, 5.74) is 5.62. The van der Waals surface area contributed by atoms with Crippen LogP contribution in [0.2, 0.25) is 0 Å². The van der Waals surface area contributed by atoms with E-state index in [1.807, 2.05) is 0 Å². The van der Waals surface area contributed by atoms with Gasteiger partial charge >= 0.3 is 0 Å². The van der Waals surface area contributed by atoms with Gasteiger partial charge in [0.25, 0.3) is 0 Å². The zero-order valence-electron chi connectivity index (χ0n) is 13.3. The number of nitrogens with one attached hydrogen (secondary N) is 1. The first kappa shape index (κ1) is 14.2. The number of para-hydroxylation sites is 1. The summed E-state index contributed by atoms with van der Waals surface area (Å²) in [5.74, 6) is 1.30. The summed E-state index contributed by atoms with van der Waals surface area (Å²) >= 11 is 0. The van der Waals surface area contributed by atoms with Crippen molar-refractivity contribution in [2.24, 2.45) is 0 Å². The van der Waals surface area contributed by atoms with Gasteiger partial charge in [0.1, 0.15) is 0 Å². The van der Waals surface area contributed by atoms with E-state index in [0.717, 1.165) is 5.92 Å². The highest BCUT2D eigenvalue weighted by atomic mass is 14.9. The molecule has 3 rings (SSSR count). The van der Waals surface area contributed by atoms with E-state index in [2.05, 4.69) is 74.6 Å². The van der Waals surface area contributed by atoms with Crippen LogP contribution in [0.3, 0.4) is 0 Å². The molecular weight excluding hydrogens is 254 g/mol. The van der Waals surface area contributed by atoms with E-state index in [9.17, 15) is 0 Å². The fourth-order valence-corrected chi connectivity index (χ4v) is 3.28. The second-order valence-electron chi connectivity index (χ2n) is 6.67. The fraction of sp³-hybridized carbons (Fsp3) is 0.400. The highest BCUT2D eigenvalue weighted by Crippen LogP contribution is 2.39. The zero-order valence-corrected chi connectivity index (χ0v) is 13.3. The van der Waals surface area contributed by atoms with Crippen molar-refractivity contribution in [1.82, 2.24) is 0 Å². The molecule has 0 aliphatic heterocycles. The van der Waals surface area contributed by atoms with Gasteiger partial charge in [-0.2, -0.15) is 0 Å². The smallest absolute Gasteiger partial charge is 0.0377 e. The second-order valence-corrected chi connectivity index (χ2v) is 6.67. The SMILES string of the molecule is Cc1cccc(C2CC(Nc3ccccc3C(C)C)C2)c1. The summed E-state index contributed by atoms with van der Waals surface area (Å²) in [6.45, 7) is 6.70. The Morgan fingerprint density at radius 3 is 2.48 bits per heavy atom. The summed E-state index contributed by atoms with van der Waals surface area (Å²) < 4.78 is 0. The van der Waals surface area contributed by atoms with Crippen LogP contribution in [-0.4, -0.2) is 6.04 Å². The number of rotatable bonds is 4. The maximum Gasteiger partial charge on any atom is 0.0377 e. The standard InChI is InChI=1S/C20H25N/c1-14(2)19-9-4-5-10-20(19)21-18-12-17(13-18)16-8-6-7-15(3)11-16/h4-11,14,17-18,21H,12-13H2,1-3H3. The van der Waals surface area contributed by atoms with Crippen LogP contribution in [0.1, 0.15) is 55.2 Å². The average Bonchev–Trinajstić information content (AvgIpc) is 2.42. The number of anilines is 1. The van der Waals surface area contributed by atoms with Gasteiger partial charge in [-0.25, -0.2) is 0 Å². The van der Waals surface area contributed by atoms with Crippen LogP contribution in [0.15, 0.2) is 48.5 Å². The van der Waals surface area contributed by atoms with E-state index in [-0.39, 0.29) is 0 Å². The molecule has 0 atom stereocenters. The third-order valence-corrected chi connectivity index (χ3v) is 4.59. The molecule has 1 N–H and O–H groups in total. The van der Waals surface area contributed by atoms with E-state index in [4.69, 9.17) is 0 Å². The Balaban J connectivity index is 1.63. The van der Waals surface area contributed by atoms with Crippen LogP contribution in [0, 0.1) is 6.92 Å². The normalized spacial score (nSPS) is 21.1. The third kappa shape index (κ3) is 3.12. The van der Waals surface area contributed by atoms with Crippen LogP contribution in [-0.2, 0) is 0 Å². The summed E-state index contributed by atoms with van der Waals surface area (Å²) in [6.07, 6.45) is 2.49. The van der Waals surface area contributed by atoms with Crippen LogP contribution < -0.4 is 5.32 Å². The average molecular weight is 279 g/mol. The summed E-state index contributed by atoms with van der Waals surface area (Å²) in [7, 11) is 0. The van der Waals surface area contributed by atoms with Crippen molar-refractivity contribution >= 4 is 5.69 Å². The molecule has 110 valence electrons. The van der Waals surface area contributed by atoms with Crippen molar-refractivity contribution in [2.45, 2.75) is 51.5 Å². The van der Waals surface area contributed by atoms with Crippen LogP contribution >= 0.6 is 0 Å². The Morgan fingerprint density at radius 1 is 1.00 bits per heavy atom. The molecule has 21 heavy (non-hydrogen) atoms. The lowest BCUT2D eigenvalue weighted by atomic mass is 9.75. The molecule has 2 aromatic rings. The lowest BCUT2D eigenvalue weighted by Crippen LogP contribution is -2.34. The maximum atomic E-state index is 3.74. The van der Waals surface area contributed by atoms with Crippen LogP contribution in [0.4, 0.5) is 5.69 Å². The number of aryl methyl sites for hydroxylation is 1. The van der Waals surface area contributed by atoms with Crippen molar-refractivity contribution in [2.75, 3.05) is 5.32 Å².